The first-order valence-corrected chi connectivity index (χ1v) is 11.2. The van der Waals surface area contributed by atoms with Gasteiger partial charge in [-0.15, -0.1) is 0 Å². The zero-order chi connectivity index (χ0) is 24.2. The molecule has 0 fully saturated rings. The summed E-state index contributed by atoms with van der Waals surface area (Å²) >= 11 is 0. The van der Waals surface area contributed by atoms with E-state index >= 15 is 0 Å². The minimum atomic E-state index is -0.900. The molecule has 0 aliphatic heterocycles. The number of fused-ring (bicyclic) bond motifs is 2. The zero-order valence-electron chi connectivity index (χ0n) is 18.9. The van der Waals surface area contributed by atoms with E-state index in [-0.39, 0.29) is 17.1 Å². The molecule has 0 bridgehead atoms. The summed E-state index contributed by atoms with van der Waals surface area (Å²) in [4.78, 5) is 35.5. The molecule has 2 atom stereocenters. The fraction of sp³-hybridized carbons (Fsp3) is 0.231. The van der Waals surface area contributed by atoms with Gasteiger partial charge in [-0.1, -0.05) is 36.4 Å². The van der Waals surface area contributed by atoms with Gasteiger partial charge in [0.25, 0.3) is 0 Å². The van der Waals surface area contributed by atoms with Crippen molar-refractivity contribution in [2.45, 2.75) is 31.8 Å². The monoisotopic (exact) mass is 457 g/mol. The van der Waals surface area contributed by atoms with Crippen LogP contribution in [-0.2, 0) is 4.79 Å². The number of hydrogen-bond acceptors (Lipinski definition) is 8. The highest BCUT2D eigenvalue weighted by molar-refractivity contribution is 6.14. The SMILES string of the molecule is C[C@H](N)C(=O)Oc1c(-c2cnc3ccccc3c2)nc2ccccc2c1C(=O)[C@H](N)CCCN. The number of pyridine rings is 2. The van der Waals surface area contributed by atoms with Gasteiger partial charge in [0.15, 0.2) is 11.5 Å². The van der Waals surface area contributed by atoms with Crippen LogP contribution in [0.25, 0.3) is 33.1 Å². The summed E-state index contributed by atoms with van der Waals surface area (Å²) in [5.74, 6) is -1.00. The molecule has 6 N–H and O–H groups in total. The summed E-state index contributed by atoms with van der Waals surface area (Å²) in [6, 6.07) is 15.0. The second-order valence-corrected chi connectivity index (χ2v) is 8.21. The number of para-hydroxylation sites is 2. The topological polar surface area (TPSA) is 147 Å². The van der Waals surface area contributed by atoms with Crippen LogP contribution in [0.4, 0.5) is 0 Å². The Morgan fingerprint density at radius 1 is 1.03 bits per heavy atom. The minimum Gasteiger partial charge on any atom is -0.422 e. The van der Waals surface area contributed by atoms with Gasteiger partial charge in [-0.05, 0) is 44.5 Å². The molecule has 2 aromatic carbocycles. The lowest BCUT2D eigenvalue weighted by molar-refractivity contribution is -0.135. The van der Waals surface area contributed by atoms with Crippen LogP contribution in [-0.4, -0.2) is 40.3 Å². The standard InChI is InChI=1S/C26H27N5O3/c1-15(28)26(33)34-25-22(24(32)19(29)9-6-12-27)18-8-3-5-11-21(18)31-23(25)17-13-16-7-2-4-10-20(16)30-14-17/h2-5,7-8,10-11,13-15,19H,6,9,12,27-29H2,1H3/t15-,19+/m0/s1. The summed E-state index contributed by atoms with van der Waals surface area (Å²) in [6.07, 6.45) is 2.64. The number of nitrogens with two attached hydrogens (primary N) is 3. The number of benzene rings is 2. The van der Waals surface area contributed by atoms with Gasteiger partial charge in [0.1, 0.15) is 11.7 Å². The van der Waals surface area contributed by atoms with Gasteiger partial charge in [-0.25, -0.2) is 9.78 Å². The predicted molar refractivity (Wildman–Crippen MR) is 132 cm³/mol. The van der Waals surface area contributed by atoms with Crippen LogP contribution in [0, 0.1) is 0 Å². The molecule has 2 aromatic heterocycles. The fourth-order valence-corrected chi connectivity index (χ4v) is 3.78. The van der Waals surface area contributed by atoms with Crippen LogP contribution in [0.2, 0.25) is 0 Å². The Morgan fingerprint density at radius 3 is 2.47 bits per heavy atom. The van der Waals surface area contributed by atoms with Crippen molar-refractivity contribution < 1.29 is 14.3 Å². The lowest BCUT2D eigenvalue weighted by Gasteiger charge is -2.19. The van der Waals surface area contributed by atoms with E-state index in [1.807, 2.05) is 36.4 Å². The molecule has 0 spiro atoms. The Labute approximate surface area is 197 Å². The maximum absolute atomic E-state index is 13.6. The Kier molecular flexibility index (Phi) is 6.93. The second kappa shape index (κ2) is 10.0. The van der Waals surface area contributed by atoms with Gasteiger partial charge in [0.2, 0.25) is 0 Å². The number of carbonyl (C=O) groups is 2. The van der Waals surface area contributed by atoms with E-state index in [1.165, 1.54) is 6.92 Å². The number of carbonyl (C=O) groups excluding carboxylic acids is 2. The Balaban J connectivity index is 2.00. The summed E-state index contributed by atoms with van der Waals surface area (Å²) in [5.41, 5.74) is 20.1. The van der Waals surface area contributed by atoms with Gasteiger partial charge in [-0.3, -0.25) is 9.78 Å². The molecule has 4 rings (SSSR count). The third-order valence-corrected chi connectivity index (χ3v) is 5.59. The van der Waals surface area contributed by atoms with E-state index in [2.05, 4.69) is 4.98 Å². The first-order valence-electron chi connectivity index (χ1n) is 11.2. The first-order chi connectivity index (χ1) is 16.4. The number of nitrogens with zero attached hydrogens (tertiary/aromatic N) is 2. The molecule has 0 aliphatic carbocycles. The van der Waals surface area contributed by atoms with Crippen LogP contribution in [0.3, 0.4) is 0 Å². The zero-order valence-corrected chi connectivity index (χ0v) is 18.9. The third kappa shape index (κ3) is 4.65. The molecule has 174 valence electrons. The highest BCUT2D eigenvalue weighted by atomic mass is 16.5. The van der Waals surface area contributed by atoms with E-state index < -0.39 is 18.1 Å². The van der Waals surface area contributed by atoms with Gasteiger partial charge in [0.05, 0.1) is 22.6 Å². The molecule has 8 nitrogen and oxygen atoms in total. The van der Waals surface area contributed by atoms with E-state index in [4.69, 9.17) is 26.9 Å². The lowest BCUT2D eigenvalue weighted by atomic mass is 9.94. The smallest absolute Gasteiger partial charge is 0.328 e. The van der Waals surface area contributed by atoms with Gasteiger partial charge in [0, 0.05) is 22.5 Å². The van der Waals surface area contributed by atoms with Crippen molar-refractivity contribution >= 4 is 33.6 Å². The number of ether oxygens (including phenoxy) is 1. The van der Waals surface area contributed by atoms with Gasteiger partial charge in [-0.2, -0.15) is 0 Å². The number of hydrogen-bond donors (Lipinski definition) is 3. The lowest BCUT2D eigenvalue weighted by Crippen LogP contribution is -2.34. The normalized spacial score (nSPS) is 13.1. The predicted octanol–water partition coefficient (Wildman–Crippen LogP) is 2.95. The quantitative estimate of drug-likeness (QED) is 0.270. The first kappa shape index (κ1) is 23.4. The average Bonchev–Trinajstić information content (AvgIpc) is 2.86. The number of aromatic nitrogens is 2. The third-order valence-electron chi connectivity index (χ3n) is 5.59. The molecule has 2 heterocycles. The Bertz CT molecular complexity index is 1370. The molecule has 34 heavy (non-hydrogen) atoms. The van der Waals surface area contributed by atoms with Crippen molar-refractivity contribution in [3.05, 3.63) is 66.4 Å². The molecule has 0 aliphatic rings. The molecule has 0 radical (unpaired) electrons. The van der Waals surface area contributed by atoms with Crippen LogP contribution >= 0.6 is 0 Å². The molecule has 0 saturated carbocycles. The van der Waals surface area contributed by atoms with Crippen molar-refractivity contribution in [2.24, 2.45) is 17.2 Å². The van der Waals surface area contributed by atoms with Gasteiger partial charge < -0.3 is 21.9 Å². The number of Topliss-reactive ketones (excluding diaryl/α,β-unsaturated/α-hetero) is 1. The van der Waals surface area contributed by atoms with Crippen molar-refractivity contribution in [1.82, 2.24) is 9.97 Å². The number of rotatable bonds is 8. The fourth-order valence-electron chi connectivity index (χ4n) is 3.78. The molecule has 8 heteroatoms. The average molecular weight is 458 g/mol. The molecule has 4 aromatic rings. The Morgan fingerprint density at radius 2 is 1.74 bits per heavy atom. The van der Waals surface area contributed by atoms with Crippen molar-refractivity contribution in [3.8, 4) is 17.0 Å². The summed E-state index contributed by atoms with van der Waals surface area (Å²) in [5, 5.41) is 1.42. The van der Waals surface area contributed by atoms with Crippen molar-refractivity contribution in [1.29, 1.82) is 0 Å². The molecule has 0 amide bonds. The highest BCUT2D eigenvalue weighted by Crippen LogP contribution is 2.38. The van der Waals surface area contributed by atoms with Crippen molar-refractivity contribution in [2.75, 3.05) is 6.54 Å². The molecular formula is C26H27N5O3. The van der Waals surface area contributed by atoms with E-state index in [0.717, 1.165) is 10.9 Å². The maximum Gasteiger partial charge on any atom is 0.328 e. The summed E-state index contributed by atoms with van der Waals surface area (Å²) in [6.45, 7) is 1.93. The maximum atomic E-state index is 13.6. The largest absolute Gasteiger partial charge is 0.422 e. The van der Waals surface area contributed by atoms with E-state index in [1.54, 1.807) is 24.4 Å². The number of ketones is 1. The van der Waals surface area contributed by atoms with Crippen LogP contribution in [0.1, 0.15) is 30.1 Å². The minimum absolute atomic E-state index is 0.0336. The number of esters is 1. The Hall–Kier alpha value is -3.72. The van der Waals surface area contributed by atoms with E-state index in [0.29, 0.717) is 41.5 Å². The molecule has 0 unspecified atom stereocenters. The second-order valence-electron chi connectivity index (χ2n) is 8.21. The van der Waals surface area contributed by atoms with Gasteiger partial charge >= 0.3 is 5.97 Å². The van der Waals surface area contributed by atoms with E-state index in [9.17, 15) is 9.59 Å². The molecular weight excluding hydrogens is 430 g/mol. The summed E-state index contributed by atoms with van der Waals surface area (Å²) < 4.78 is 5.73. The van der Waals surface area contributed by atoms with Crippen LogP contribution < -0.4 is 21.9 Å². The highest BCUT2D eigenvalue weighted by Gasteiger charge is 2.28. The summed E-state index contributed by atoms with van der Waals surface area (Å²) in [7, 11) is 0. The van der Waals surface area contributed by atoms with Crippen molar-refractivity contribution in [3.63, 3.8) is 0 Å². The van der Waals surface area contributed by atoms with Crippen LogP contribution in [0.5, 0.6) is 5.75 Å². The van der Waals surface area contributed by atoms with Crippen LogP contribution in [0.15, 0.2) is 60.8 Å². The molecule has 0 saturated heterocycles.